The number of carboxylic acid groups (broad SMARTS) is 1. The summed E-state index contributed by atoms with van der Waals surface area (Å²) in [6.07, 6.45) is 4.82. The van der Waals surface area contributed by atoms with E-state index in [9.17, 15) is 14.4 Å². The minimum atomic E-state index is -1.13. The number of nitrogens with one attached hydrogen (secondary N) is 3. The standard InChI is InChI=1S/C14H18N6O4S/c21-9(15-5-10(22)16-6-11(23)24)3-1-2-4-25-14-12-13(18-7-17-12)19-8-20-14/h7-8H,1-6H2,(H,15,21)(H,16,22)(H,23,24)(H,17,18,19,20). The molecule has 2 heterocycles. The average Bonchev–Trinajstić information content (AvgIpc) is 3.07. The number of fused-ring (bicyclic) bond motifs is 1. The van der Waals surface area contributed by atoms with Crippen molar-refractivity contribution in [2.75, 3.05) is 18.8 Å². The lowest BCUT2D eigenvalue weighted by Gasteiger charge is -2.05. The van der Waals surface area contributed by atoms with Crippen molar-refractivity contribution in [3.63, 3.8) is 0 Å². The molecule has 0 aliphatic heterocycles. The number of nitrogens with zero attached hydrogens (tertiary/aromatic N) is 3. The number of hydrogen-bond acceptors (Lipinski definition) is 7. The van der Waals surface area contributed by atoms with Gasteiger partial charge in [0.05, 0.1) is 12.9 Å². The van der Waals surface area contributed by atoms with Gasteiger partial charge in [0, 0.05) is 6.42 Å². The summed E-state index contributed by atoms with van der Waals surface area (Å²) in [6.45, 7) is -0.682. The third-order valence-electron chi connectivity index (χ3n) is 3.11. The van der Waals surface area contributed by atoms with E-state index in [1.807, 2.05) is 0 Å². The number of aromatic nitrogens is 4. The van der Waals surface area contributed by atoms with Crippen LogP contribution in [0.25, 0.3) is 11.2 Å². The van der Waals surface area contributed by atoms with Crippen LogP contribution >= 0.6 is 11.8 Å². The van der Waals surface area contributed by atoms with E-state index in [2.05, 4.69) is 30.6 Å². The SMILES string of the molecule is O=C(O)CNC(=O)CNC(=O)CCCCSc1ncnc2nc[nH]c12. The second-order valence-corrected chi connectivity index (χ2v) is 6.12. The van der Waals surface area contributed by atoms with Gasteiger partial charge in [0.1, 0.15) is 23.4 Å². The normalized spacial score (nSPS) is 10.6. The van der Waals surface area contributed by atoms with Crippen LogP contribution in [0.1, 0.15) is 19.3 Å². The van der Waals surface area contributed by atoms with Crippen molar-refractivity contribution < 1.29 is 19.5 Å². The molecule has 0 bridgehead atoms. The highest BCUT2D eigenvalue weighted by atomic mass is 32.2. The van der Waals surface area contributed by atoms with E-state index in [0.717, 1.165) is 22.7 Å². The van der Waals surface area contributed by atoms with Crippen molar-refractivity contribution in [1.82, 2.24) is 30.6 Å². The smallest absolute Gasteiger partial charge is 0.322 e. The molecule has 134 valence electrons. The van der Waals surface area contributed by atoms with Crippen molar-refractivity contribution in [1.29, 1.82) is 0 Å². The molecule has 0 aliphatic carbocycles. The molecule has 2 aromatic heterocycles. The zero-order valence-corrected chi connectivity index (χ0v) is 14.1. The van der Waals surface area contributed by atoms with E-state index >= 15 is 0 Å². The van der Waals surface area contributed by atoms with Gasteiger partial charge in [-0.3, -0.25) is 14.4 Å². The molecule has 0 aromatic carbocycles. The molecule has 2 amide bonds. The van der Waals surface area contributed by atoms with E-state index in [4.69, 9.17) is 5.11 Å². The highest BCUT2D eigenvalue weighted by molar-refractivity contribution is 7.99. The van der Waals surface area contributed by atoms with Crippen LogP contribution in [0, 0.1) is 0 Å². The molecule has 2 aromatic rings. The van der Waals surface area contributed by atoms with Crippen LogP contribution in [0.5, 0.6) is 0 Å². The van der Waals surface area contributed by atoms with E-state index in [1.165, 1.54) is 6.33 Å². The van der Waals surface area contributed by atoms with Gasteiger partial charge in [0.15, 0.2) is 5.65 Å². The molecule has 0 radical (unpaired) electrons. The maximum atomic E-state index is 11.6. The molecule has 25 heavy (non-hydrogen) atoms. The fraction of sp³-hybridized carbons (Fsp3) is 0.429. The molecular formula is C14H18N6O4S. The van der Waals surface area contributed by atoms with Gasteiger partial charge in [0.2, 0.25) is 11.8 Å². The summed E-state index contributed by atoms with van der Waals surface area (Å²) in [5.41, 5.74) is 1.43. The van der Waals surface area contributed by atoms with Gasteiger partial charge in [0.25, 0.3) is 0 Å². The number of aliphatic carboxylic acids is 1. The quantitative estimate of drug-likeness (QED) is 0.259. The molecular weight excluding hydrogens is 348 g/mol. The minimum absolute atomic E-state index is 0.223. The van der Waals surface area contributed by atoms with E-state index in [-0.39, 0.29) is 12.5 Å². The molecule has 0 saturated heterocycles. The van der Waals surface area contributed by atoms with Gasteiger partial charge in [-0.2, -0.15) is 0 Å². The Morgan fingerprint density at radius 3 is 2.68 bits per heavy atom. The van der Waals surface area contributed by atoms with Crippen LogP contribution in [-0.2, 0) is 14.4 Å². The van der Waals surface area contributed by atoms with Gasteiger partial charge in [-0.25, -0.2) is 15.0 Å². The van der Waals surface area contributed by atoms with Crippen molar-refractivity contribution in [3.8, 4) is 0 Å². The number of amides is 2. The topological polar surface area (TPSA) is 150 Å². The van der Waals surface area contributed by atoms with Crippen molar-refractivity contribution in [3.05, 3.63) is 12.7 Å². The largest absolute Gasteiger partial charge is 0.480 e. The number of aromatic amines is 1. The first kappa shape index (κ1) is 18.6. The highest BCUT2D eigenvalue weighted by Gasteiger charge is 2.08. The number of carbonyl (C=O) groups is 3. The first-order valence-corrected chi connectivity index (χ1v) is 8.57. The maximum absolute atomic E-state index is 11.6. The molecule has 0 saturated carbocycles. The van der Waals surface area contributed by atoms with Gasteiger partial charge >= 0.3 is 5.97 Å². The predicted molar refractivity (Wildman–Crippen MR) is 89.9 cm³/mol. The van der Waals surface area contributed by atoms with Gasteiger partial charge in [-0.15, -0.1) is 11.8 Å². The first-order chi connectivity index (χ1) is 12.1. The minimum Gasteiger partial charge on any atom is -0.480 e. The van der Waals surface area contributed by atoms with Crippen molar-refractivity contribution >= 4 is 40.7 Å². The summed E-state index contributed by atoms with van der Waals surface area (Å²) in [4.78, 5) is 48.5. The van der Waals surface area contributed by atoms with E-state index < -0.39 is 18.4 Å². The Hall–Kier alpha value is -2.69. The highest BCUT2D eigenvalue weighted by Crippen LogP contribution is 2.22. The monoisotopic (exact) mass is 366 g/mol. The van der Waals surface area contributed by atoms with Crippen LogP contribution < -0.4 is 10.6 Å². The fourth-order valence-corrected chi connectivity index (χ4v) is 2.87. The molecule has 4 N–H and O–H groups in total. The second kappa shape index (κ2) is 9.57. The molecule has 0 fully saturated rings. The molecule has 2 rings (SSSR count). The Morgan fingerprint density at radius 1 is 1.08 bits per heavy atom. The number of unbranched alkanes of at least 4 members (excludes halogenated alkanes) is 1. The van der Waals surface area contributed by atoms with Crippen LogP contribution in [-0.4, -0.2) is 61.7 Å². The molecule has 0 unspecified atom stereocenters. The van der Waals surface area contributed by atoms with E-state index in [1.54, 1.807) is 18.1 Å². The van der Waals surface area contributed by atoms with Crippen molar-refractivity contribution in [2.45, 2.75) is 24.3 Å². The summed E-state index contributed by atoms with van der Waals surface area (Å²) in [5, 5.41) is 13.9. The zero-order chi connectivity index (χ0) is 18.1. The Bertz CT molecular complexity index is 750. The maximum Gasteiger partial charge on any atom is 0.322 e. The van der Waals surface area contributed by atoms with Gasteiger partial charge in [-0.05, 0) is 18.6 Å². The summed E-state index contributed by atoms with van der Waals surface area (Å²) >= 11 is 1.56. The molecule has 0 aliphatic rings. The van der Waals surface area contributed by atoms with Gasteiger partial charge < -0.3 is 20.7 Å². The number of imidazole rings is 1. The van der Waals surface area contributed by atoms with Crippen LogP contribution in [0.4, 0.5) is 0 Å². The Morgan fingerprint density at radius 2 is 1.88 bits per heavy atom. The van der Waals surface area contributed by atoms with Crippen LogP contribution in [0.3, 0.4) is 0 Å². The summed E-state index contributed by atoms with van der Waals surface area (Å²) < 4.78 is 0. The molecule has 11 heteroatoms. The summed E-state index contributed by atoms with van der Waals surface area (Å²) in [6, 6.07) is 0. The number of thioether (sulfide) groups is 1. The van der Waals surface area contributed by atoms with E-state index in [0.29, 0.717) is 18.5 Å². The van der Waals surface area contributed by atoms with Crippen LogP contribution in [0.2, 0.25) is 0 Å². The lowest BCUT2D eigenvalue weighted by atomic mass is 10.2. The number of rotatable bonds is 10. The molecule has 10 nitrogen and oxygen atoms in total. The predicted octanol–water partition coefficient (Wildman–Crippen LogP) is -0.0677. The summed E-state index contributed by atoms with van der Waals surface area (Å²) in [7, 11) is 0. The van der Waals surface area contributed by atoms with Crippen LogP contribution in [0.15, 0.2) is 17.7 Å². The number of carboxylic acids is 1. The Balaban J connectivity index is 1.58. The third-order valence-corrected chi connectivity index (χ3v) is 4.18. The van der Waals surface area contributed by atoms with Crippen molar-refractivity contribution in [2.24, 2.45) is 0 Å². The second-order valence-electron chi connectivity index (χ2n) is 5.03. The average molecular weight is 366 g/mol. The number of hydrogen-bond donors (Lipinski definition) is 4. The lowest BCUT2D eigenvalue weighted by molar-refractivity contribution is -0.137. The Kier molecular flexibility index (Phi) is 7.14. The van der Waals surface area contributed by atoms with Gasteiger partial charge in [-0.1, -0.05) is 0 Å². The Labute approximate surface area is 147 Å². The molecule has 0 atom stereocenters. The first-order valence-electron chi connectivity index (χ1n) is 7.58. The lowest BCUT2D eigenvalue weighted by Crippen LogP contribution is -2.38. The summed E-state index contributed by atoms with van der Waals surface area (Å²) in [5.74, 6) is -1.11. The third kappa shape index (κ3) is 6.37. The number of H-pyrrole nitrogens is 1. The number of carbonyl (C=O) groups excluding carboxylic acids is 2. The zero-order valence-electron chi connectivity index (χ0n) is 13.3. The fourth-order valence-electron chi connectivity index (χ4n) is 1.91. The molecule has 0 spiro atoms.